The number of carbonyl (C=O) groups excluding carboxylic acids is 3. The molecule has 0 spiro atoms. The molecule has 9 nitrogen and oxygen atoms in total. The number of carbonyl (C=O) groups is 3. The van der Waals surface area contributed by atoms with Gasteiger partial charge in [0.25, 0.3) is 11.8 Å². The van der Waals surface area contributed by atoms with Gasteiger partial charge in [-0.05, 0) is 42.0 Å². The monoisotopic (exact) mass is 390 g/mol. The zero-order valence-electron chi connectivity index (χ0n) is 15.7. The van der Waals surface area contributed by atoms with Crippen LogP contribution in [0.5, 0.6) is 0 Å². The Hall–Kier alpha value is -3.88. The summed E-state index contributed by atoms with van der Waals surface area (Å²) in [5, 5.41) is 14.7. The maximum Gasteiger partial charge on any atom is 0.261 e. The number of aromatic nitrogens is 4. The molecule has 9 heteroatoms. The van der Waals surface area contributed by atoms with Crippen molar-refractivity contribution in [3.63, 3.8) is 0 Å². The Kier molecular flexibility index (Phi) is 4.86. The van der Waals surface area contributed by atoms with Gasteiger partial charge in [0, 0.05) is 18.7 Å². The van der Waals surface area contributed by atoms with Crippen LogP contribution < -0.4 is 5.32 Å². The van der Waals surface area contributed by atoms with Crippen LogP contribution in [0.4, 0.5) is 5.69 Å². The number of aryl methyl sites for hydroxylation is 1. The predicted molar refractivity (Wildman–Crippen MR) is 103 cm³/mol. The summed E-state index contributed by atoms with van der Waals surface area (Å²) in [5.74, 6) is -0.573. The quantitative estimate of drug-likeness (QED) is 0.638. The number of hydrogen-bond donors (Lipinski definition) is 1. The van der Waals surface area contributed by atoms with E-state index in [4.69, 9.17) is 0 Å². The highest BCUT2D eigenvalue weighted by Gasteiger charge is 2.34. The average molecular weight is 390 g/mol. The van der Waals surface area contributed by atoms with Gasteiger partial charge < -0.3 is 5.32 Å². The third-order valence-corrected chi connectivity index (χ3v) is 4.52. The molecule has 1 aliphatic rings. The fourth-order valence-electron chi connectivity index (χ4n) is 3.15. The first-order valence-corrected chi connectivity index (χ1v) is 9.10. The first kappa shape index (κ1) is 18.5. The molecule has 0 saturated heterocycles. The van der Waals surface area contributed by atoms with Crippen molar-refractivity contribution in [2.45, 2.75) is 19.9 Å². The van der Waals surface area contributed by atoms with E-state index in [0.29, 0.717) is 22.6 Å². The molecule has 0 bridgehead atoms. The Morgan fingerprint density at radius 2 is 1.76 bits per heavy atom. The highest BCUT2D eigenvalue weighted by molar-refractivity contribution is 6.21. The number of fused-ring (bicyclic) bond motifs is 1. The van der Waals surface area contributed by atoms with E-state index >= 15 is 0 Å². The van der Waals surface area contributed by atoms with Gasteiger partial charge >= 0.3 is 0 Å². The van der Waals surface area contributed by atoms with E-state index in [2.05, 4.69) is 20.7 Å². The van der Waals surface area contributed by atoms with E-state index in [1.165, 1.54) is 9.70 Å². The summed E-state index contributed by atoms with van der Waals surface area (Å²) >= 11 is 0. The van der Waals surface area contributed by atoms with E-state index in [1.807, 2.05) is 25.1 Å². The van der Waals surface area contributed by atoms with Crippen LogP contribution in [0.25, 0.3) is 0 Å². The summed E-state index contributed by atoms with van der Waals surface area (Å²) in [7, 11) is 0. The van der Waals surface area contributed by atoms with Crippen molar-refractivity contribution in [3.8, 4) is 0 Å². The summed E-state index contributed by atoms with van der Waals surface area (Å²) in [5.41, 5.74) is 2.54. The highest BCUT2D eigenvalue weighted by atomic mass is 16.2. The van der Waals surface area contributed by atoms with E-state index < -0.39 is 0 Å². The second-order valence-electron chi connectivity index (χ2n) is 6.71. The van der Waals surface area contributed by atoms with Crippen LogP contribution in [0.15, 0.2) is 48.5 Å². The van der Waals surface area contributed by atoms with Crippen LogP contribution in [-0.4, -0.2) is 49.4 Å². The Labute approximate surface area is 166 Å². The van der Waals surface area contributed by atoms with Crippen molar-refractivity contribution >= 4 is 23.4 Å². The van der Waals surface area contributed by atoms with Gasteiger partial charge in [-0.3, -0.25) is 19.3 Å². The molecule has 2 aromatic carbocycles. The van der Waals surface area contributed by atoms with Gasteiger partial charge in [-0.15, -0.1) is 10.2 Å². The average Bonchev–Trinajstić information content (AvgIpc) is 3.23. The minimum atomic E-state index is -0.324. The van der Waals surface area contributed by atoms with Crippen LogP contribution in [0.3, 0.4) is 0 Å². The zero-order chi connectivity index (χ0) is 20.4. The minimum absolute atomic E-state index is 0.0893. The molecule has 29 heavy (non-hydrogen) atoms. The molecule has 0 atom stereocenters. The number of tetrazole rings is 1. The van der Waals surface area contributed by atoms with Crippen molar-refractivity contribution in [2.24, 2.45) is 0 Å². The Bertz CT molecular complexity index is 1070. The first-order chi connectivity index (χ1) is 14.0. The summed E-state index contributed by atoms with van der Waals surface area (Å²) in [4.78, 5) is 39.2. The molecule has 2 heterocycles. The van der Waals surface area contributed by atoms with Crippen LogP contribution in [0, 0.1) is 6.92 Å². The fourth-order valence-corrected chi connectivity index (χ4v) is 3.15. The normalized spacial score (nSPS) is 12.9. The number of nitrogens with zero attached hydrogens (tertiary/aromatic N) is 5. The van der Waals surface area contributed by atoms with E-state index in [-0.39, 0.29) is 37.2 Å². The van der Waals surface area contributed by atoms with Crippen LogP contribution in [0.2, 0.25) is 0 Å². The molecule has 3 aromatic rings. The fraction of sp³-hybridized carbons (Fsp3) is 0.200. The van der Waals surface area contributed by atoms with Crippen LogP contribution in [0.1, 0.15) is 32.1 Å². The van der Waals surface area contributed by atoms with Gasteiger partial charge in [-0.2, -0.15) is 4.80 Å². The number of nitrogens with one attached hydrogen (secondary N) is 1. The van der Waals surface area contributed by atoms with E-state index in [9.17, 15) is 14.4 Å². The number of amides is 3. The Morgan fingerprint density at radius 1 is 1.03 bits per heavy atom. The molecule has 0 unspecified atom stereocenters. The maximum absolute atomic E-state index is 12.4. The number of rotatable bonds is 6. The van der Waals surface area contributed by atoms with Gasteiger partial charge in [0.05, 0.1) is 11.1 Å². The van der Waals surface area contributed by atoms with Crippen molar-refractivity contribution < 1.29 is 14.4 Å². The maximum atomic E-state index is 12.4. The van der Waals surface area contributed by atoms with Gasteiger partial charge in [-0.1, -0.05) is 24.3 Å². The Morgan fingerprint density at radius 3 is 2.45 bits per heavy atom. The lowest BCUT2D eigenvalue weighted by molar-refractivity contribution is -0.117. The molecule has 1 N–H and O–H groups in total. The summed E-state index contributed by atoms with van der Waals surface area (Å²) in [6, 6.07) is 14.2. The van der Waals surface area contributed by atoms with Crippen LogP contribution >= 0.6 is 0 Å². The van der Waals surface area contributed by atoms with E-state index in [0.717, 1.165) is 5.56 Å². The summed E-state index contributed by atoms with van der Waals surface area (Å²) < 4.78 is 0. The first-order valence-electron chi connectivity index (χ1n) is 9.10. The Balaban J connectivity index is 1.34. The molecule has 0 saturated carbocycles. The third kappa shape index (κ3) is 3.88. The highest BCUT2D eigenvalue weighted by Crippen LogP contribution is 2.22. The lowest BCUT2D eigenvalue weighted by atomic mass is 10.1. The minimum Gasteiger partial charge on any atom is -0.324 e. The number of imide groups is 1. The topological polar surface area (TPSA) is 110 Å². The molecule has 0 radical (unpaired) electrons. The summed E-state index contributed by atoms with van der Waals surface area (Å²) in [6.07, 6.45) is 0.255. The predicted octanol–water partition coefficient (Wildman–Crippen LogP) is 1.46. The smallest absolute Gasteiger partial charge is 0.261 e. The second-order valence-corrected chi connectivity index (χ2v) is 6.71. The van der Waals surface area contributed by atoms with Crippen LogP contribution in [-0.2, 0) is 17.8 Å². The van der Waals surface area contributed by atoms with Crippen molar-refractivity contribution in [1.82, 2.24) is 25.1 Å². The summed E-state index contributed by atoms with van der Waals surface area (Å²) in [6.45, 7) is 2.00. The molecule has 0 aliphatic carbocycles. The molecule has 1 aromatic heterocycles. The lowest BCUT2D eigenvalue weighted by Crippen LogP contribution is -2.32. The van der Waals surface area contributed by atoms with Crippen molar-refractivity contribution in [3.05, 3.63) is 71.0 Å². The molecule has 1 aliphatic heterocycles. The molecular formula is C20H18N6O3. The van der Waals surface area contributed by atoms with Gasteiger partial charge in [0.1, 0.15) is 6.54 Å². The van der Waals surface area contributed by atoms with E-state index in [1.54, 1.807) is 30.3 Å². The lowest BCUT2D eigenvalue weighted by Gasteiger charge is -2.11. The molecule has 146 valence electrons. The van der Waals surface area contributed by atoms with Gasteiger partial charge in [0.2, 0.25) is 5.91 Å². The molecule has 3 amide bonds. The molecule has 0 fully saturated rings. The molecular weight excluding hydrogens is 372 g/mol. The van der Waals surface area contributed by atoms with Crippen molar-refractivity contribution in [2.75, 3.05) is 11.9 Å². The number of benzene rings is 2. The SMILES string of the molecule is Cc1cccc(NC(=O)Cn2nnc(CCN3C(=O)c4ccccc4C3=O)n2)c1. The van der Waals surface area contributed by atoms with Crippen molar-refractivity contribution in [1.29, 1.82) is 0 Å². The van der Waals surface area contributed by atoms with Gasteiger partial charge in [-0.25, -0.2) is 0 Å². The largest absolute Gasteiger partial charge is 0.324 e. The number of hydrogen-bond acceptors (Lipinski definition) is 6. The second kappa shape index (κ2) is 7.63. The standard InChI is InChI=1S/C20H18N6O3/c1-13-5-4-6-14(11-13)21-18(27)12-26-23-17(22-24-26)9-10-25-19(28)15-7-2-3-8-16(15)20(25)29/h2-8,11H,9-10,12H2,1H3,(H,21,27). The number of anilines is 1. The van der Waals surface area contributed by atoms with Gasteiger partial charge in [0.15, 0.2) is 5.82 Å². The third-order valence-electron chi connectivity index (χ3n) is 4.52. The molecule has 4 rings (SSSR count). The zero-order valence-corrected chi connectivity index (χ0v) is 15.7.